The van der Waals surface area contributed by atoms with Gasteiger partial charge in [-0.05, 0) is 31.0 Å². The molecule has 7 heteroatoms. The van der Waals surface area contributed by atoms with Crippen molar-refractivity contribution in [2.45, 2.75) is 39.2 Å². The zero-order valence-electron chi connectivity index (χ0n) is 19.3. The van der Waals surface area contributed by atoms with Gasteiger partial charge in [0.25, 0.3) is 5.91 Å². The van der Waals surface area contributed by atoms with Gasteiger partial charge >= 0.3 is 0 Å². The Hall–Kier alpha value is -3.19. The minimum absolute atomic E-state index is 0.00168. The van der Waals surface area contributed by atoms with E-state index in [1.165, 1.54) is 0 Å². The molecule has 2 heterocycles. The number of carbonyl (C=O) groups excluding carboxylic acids is 2. The number of unbranched alkanes of at least 4 members (excludes halogenated alkanes) is 1. The molecule has 4 rings (SSSR count). The lowest BCUT2D eigenvalue weighted by atomic mass is 10.1. The number of ether oxygens (including phenoxy) is 1. The number of fused-ring (bicyclic) bond motifs is 1. The molecular formula is C26H29N3O3S. The van der Waals surface area contributed by atoms with Crippen molar-refractivity contribution in [3.63, 3.8) is 0 Å². The Morgan fingerprint density at radius 1 is 1.15 bits per heavy atom. The zero-order valence-corrected chi connectivity index (χ0v) is 20.1. The molecule has 0 saturated heterocycles. The second kappa shape index (κ2) is 10.2. The van der Waals surface area contributed by atoms with Crippen LogP contribution in [-0.4, -0.2) is 47.9 Å². The van der Waals surface area contributed by atoms with Gasteiger partial charge in [-0.1, -0.05) is 50.6 Å². The fourth-order valence-electron chi connectivity index (χ4n) is 3.80. The van der Waals surface area contributed by atoms with Crippen LogP contribution < -0.4 is 9.64 Å². The second-order valence-electron chi connectivity index (χ2n) is 8.19. The van der Waals surface area contributed by atoms with Crippen LogP contribution in [0.2, 0.25) is 0 Å². The molecule has 0 fully saturated rings. The lowest BCUT2D eigenvalue weighted by Crippen LogP contribution is -2.50. The van der Waals surface area contributed by atoms with Gasteiger partial charge in [-0.3, -0.25) is 14.5 Å². The maximum absolute atomic E-state index is 13.1. The minimum atomic E-state index is -0.582. The highest BCUT2D eigenvalue weighted by molar-refractivity contribution is 7.13. The lowest BCUT2D eigenvalue weighted by Gasteiger charge is -2.34. The Morgan fingerprint density at radius 3 is 2.67 bits per heavy atom. The van der Waals surface area contributed by atoms with Gasteiger partial charge in [0.1, 0.15) is 17.3 Å². The fraction of sp³-hybridized carbons (Fsp3) is 0.346. The standard InChI is InChI=1S/C26H29N3O3S/c1-4-6-14-28(3)24(30)16-29-21-15-19(12-13-23(21)32-22(5-2)26(29)31)20-17-33-25(27-20)18-10-8-7-9-11-18/h7-13,15,17,22H,4-6,14,16H2,1-3H3. The van der Waals surface area contributed by atoms with Gasteiger partial charge in [-0.25, -0.2) is 4.98 Å². The summed E-state index contributed by atoms with van der Waals surface area (Å²) in [6.07, 6.45) is 1.91. The average Bonchev–Trinajstić information content (AvgIpc) is 3.34. The van der Waals surface area contributed by atoms with E-state index in [1.54, 1.807) is 28.2 Å². The molecule has 0 saturated carbocycles. The Morgan fingerprint density at radius 2 is 1.94 bits per heavy atom. The van der Waals surface area contributed by atoms with Crippen molar-refractivity contribution in [1.82, 2.24) is 9.88 Å². The van der Waals surface area contributed by atoms with Crippen molar-refractivity contribution in [3.05, 3.63) is 53.9 Å². The van der Waals surface area contributed by atoms with Crippen molar-refractivity contribution in [2.24, 2.45) is 0 Å². The number of hydrogen-bond donors (Lipinski definition) is 0. The van der Waals surface area contributed by atoms with Gasteiger partial charge < -0.3 is 9.64 Å². The molecule has 3 aromatic rings. The number of likely N-dealkylation sites (N-methyl/N-ethyl adjacent to an activating group) is 1. The Labute approximate surface area is 198 Å². The molecule has 1 aliphatic heterocycles. The molecule has 6 nitrogen and oxygen atoms in total. The zero-order chi connectivity index (χ0) is 23.4. The van der Waals surface area contributed by atoms with Crippen molar-refractivity contribution < 1.29 is 14.3 Å². The van der Waals surface area contributed by atoms with E-state index in [2.05, 4.69) is 6.92 Å². The third kappa shape index (κ3) is 4.93. The molecule has 0 spiro atoms. The molecule has 2 aromatic carbocycles. The fourth-order valence-corrected chi connectivity index (χ4v) is 4.64. The lowest BCUT2D eigenvalue weighted by molar-refractivity contribution is -0.132. The molecule has 1 aromatic heterocycles. The second-order valence-corrected chi connectivity index (χ2v) is 9.05. The molecule has 0 bridgehead atoms. The van der Waals surface area contributed by atoms with Crippen LogP contribution in [0.4, 0.5) is 5.69 Å². The van der Waals surface area contributed by atoms with Gasteiger partial charge in [-0.2, -0.15) is 0 Å². The number of rotatable bonds is 8. The molecular weight excluding hydrogens is 434 g/mol. The highest BCUT2D eigenvalue weighted by Crippen LogP contribution is 2.39. The quantitative estimate of drug-likeness (QED) is 0.458. The summed E-state index contributed by atoms with van der Waals surface area (Å²) in [7, 11) is 1.79. The number of hydrogen-bond acceptors (Lipinski definition) is 5. The Bertz CT molecular complexity index is 1130. The van der Waals surface area contributed by atoms with Crippen LogP contribution in [0.5, 0.6) is 5.75 Å². The molecule has 2 amide bonds. The number of benzene rings is 2. The molecule has 1 aliphatic rings. The minimum Gasteiger partial charge on any atom is -0.478 e. The van der Waals surface area contributed by atoms with Gasteiger partial charge in [0, 0.05) is 30.1 Å². The van der Waals surface area contributed by atoms with Gasteiger partial charge in [-0.15, -0.1) is 11.3 Å². The monoisotopic (exact) mass is 463 g/mol. The van der Waals surface area contributed by atoms with E-state index in [1.807, 2.05) is 60.8 Å². The largest absolute Gasteiger partial charge is 0.478 e. The Balaban J connectivity index is 1.64. The van der Waals surface area contributed by atoms with E-state index in [4.69, 9.17) is 9.72 Å². The first-order valence-electron chi connectivity index (χ1n) is 11.4. The molecule has 172 valence electrons. The van der Waals surface area contributed by atoms with Crippen molar-refractivity contribution in [1.29, 1.82) is 0 Å². The first-order chi connectivity index (χ1) is 16.0. The number of aromatic nitrogens is 1. The predicted octanol–water partition coefficient (Wildman–Crippen LogP) is 5.24. The predicted molar refractivity (Wildman–Crippen MR) is 133 cm³/mol. The summed E-state index contributed by atoms with van der Waals surface area (Å²) in [5.74, 6) is 0.361. The summed E-state index contributed by atoms with van der Waals surface area (Å²) in [6, 6.07) is 15.8. The highest BCUT2D eigenvalue weighted by atomic mass is 32.1. The van der Waals surface area contributed by atoms with Gasteiger partial charge in [0.15, 0.2) is 6.10 Å². The van der Waals surface area contributed by atoms with Crippen LogP contribution in [0.3, 0.4) is 0 Å². The third-order valence-corrected chi connectivity index (χ3v) is 6.71. The highest BCUT2D eigenvalue weighted by Gasteiger charge is 2.35. The summed E-state index contributed by atoms with van der Waals surface area (Å²) >= 11 is 1.58. The molecule has 0 N–H and O–H groups in total. The molecule has 1 unspecified atom stereocenters. The van der Waals surface area contributed by atoms with Gasteiger partial charge in [0.2, 0.25) is 5.91 Å². The van der Waals surface area contributed by atoms with E-state index in [0.717, 1.165) is 34.7 Å². The summed E-state index contributed by atoms with van der Waals surface area (Å²) < 4.78 is 5.96. The molecule has 0 radical (unpaired) electrons. The van der Waals surface area contributed by atoms with Crippen molar-refractivity contribution in [3.8, 4) is 27.6 Å². The van der Waals surface area contributed by atoms with Crippen LogP contribution in [0.15, 0.2) is 53.9 Å². The van der Waals surface area contributed by atoms with E-state index >= 15 is 0 Å². The molecule has 33 heavy (non-hydrogen) atoms. The van der Waals surface area contributed by atoms with E-state index in [9.17, 15) is 9.59 Å². The van der Waals surface area contributed by atoms with Crippen molar-refractivity contribution in [2.75, 3.05) is 25.0 Å². The van der Waals surface area contributed by atoms with E-state index in [-0.39, 0.29) is 18.4 Å². The van der Waals surface area contributed by atoms with E-state index < -0.39 is 6.10 Å². The number of nitrogens with zero attached hydrogens (tertiary/aromatic N) is 3. The summed E-state index contributed by atoms with van der Waals surface area (Å²) in [5, 5.41) is 2.95. The summed E-state index contributed by atoms with van der Waals surface area (Å²) in [5.41, 5.74) is 3.40. The average molecular weight is 464 g/mol. The normalized spacial score (nSPS) is 15.2. The number of amides is 2. The van der Waals surface area contributed by atoms with Crippen molar-refractivity contribution >= 4 is 28.8 Å². The maximum Gasteiger partial charge on any atom is 0.268 e. The SMILES string of the molecule is CCCCN(C)C(=O)CN1C(=O)C(CC)Oc2ccc(-c3csc(-c4ccccc4)n3)cc21. The number of thiazole rings is 1. The smallest absolute Gasteiger partial charge is 0.268 e. The topological polar surface area (TPSA) is 62.7 Å². The maximum atomic E-state index is 13.1. The van der Waals surface area contributed by atoms with Gasteiger partial charge in [0.05, 0.1) is 11.4 Å². The Kier molecular flexibility index (Phi) is 7.08. The summed E-state index contributed by atoms with van der Waals surface area (Å²) in [6.45, 7) is 4.69. The van der Waals surface area contributed by atoms with Crippen LogP contribution in [-0.2, 0) is 9.59 Å². The van der Waals surface area contributed by atoms with Crippen LogP contribution >= 0.6 is 11.3 Å². The first-order valence-corrected chi connectivity index (χ1v) is 12.3. The van der Waals surface area contributed by atoms with Crippen LogP contribution in [0, 0.1) is 0 Å². The summed E-state index contributed by atoms with van der Waals surface area (Å²) in [4.78, 5) is 34.1. The number of anilines is 1. The molecule has 0 aliphatic carbocycles. The third-order valence-electron chi connectivity index (χ3n) is 5.82. The van der Waals surface area contributed by atoms with E-state index in [0.29, 0.717) is 24.4 Å². The van der Waals surface area contributed by atoms with Crippen LogP contribution in [0.25, 0.3) is 21.8 Å². The molecule has 1 atom stereocenters. The number of carbonyl (C=O) groups is 2. The first kappa shape index (κ1) is 23.0. The van der Waals surface area contributed by atoms with Crippen LogP contribution in [0.1, 0.15) is 33.1 Å².